The van der Waals surface area contributed by atoms with E-state index in [2.05, 4.69) is 33.2 Å². The first-order valence-electron chi connectivity index (χ1n) is 9.45. The molecule has 0 radical (unpaired) electrons. The van der Waals surface area contributed by atoms with Crippen molar-refractivity contribution in [3.63, 3.8) is 0 Å². The summed E-state index contributed by atoms with van der Waals surface area (Å²) in [6.07, 6.45) is -0.404. The second kappa shape index (κ2) is 8.44. The molecule has 0 atom stereocenters. The van der Waals surface area contributed by atoms with E-state index in [4.69, 9.17) is 0 Å². The highest BCUT2D eigenvalue weighted by molar-refractivity contribution is 5.25. The molecule has 1 fully saturated rings. The van der Waals surface area contributed by atoms with Crippen LogP contribution in [0, 0.1) is 0 Å². The second-order valence-electron chi connectivity index (χ2n) is 7.45. The molecule has 3 rings (SSSR count). The Morgan fingerprint density at radius 3 is 2.41 bits per heavy atom. The van der Waals surface area contributed by atoms with Gasteiger partial charge in [0.05, 0.1) is 5.56 Å². The number of piperazine rings is 1. The molecule has 148 valence electrons. The van der Waals surface area contributed by atoms with E-state index in [9.17, 15) is 13.2 Å². The Morgan fingerprint density at radius 1 is 1.04 bits per heavy atom. The van der Waals surface area contributed by atoms with Crippen molar-refractivity contribution in [2.75, 3.05) is 32.7 Å². The Hall–Kier alpha value is -1.86. The van der Waals surface area contributed by atoms with Gasteiger partial charge >= 0.3 is 6.18 Å². The van der Waals surface area contributed by atoms with Crippen molar-refractivity contribution in [1.29, 1.82) is 0 Å². The molecule has 0 spiro atoms. The van der Waals surface area contributed by atoms with Gasteiger partial charge in [-0.05, 0) is 11.6 Å². The van der Waals surface area contributed by atoms with Crippen LogP contribution in [-0.2, 0) is 19.3 Å². The molecule has 0 bridgehead atoms. The minimum Gasteiger partial charge on any atom is -0.333 e. The van der Waals surface area contributed by atoms with Crippen LogP contribution in [0.1, 0.15) is 36.7 Å². The first-order valence-corrected chi connectivity index (χ1v) is 9.45. The number of benzene rings is 1. The third-order valence-electron chi connectivity index (χ3n) is 5.05. The molecule has 27 heavy (non-hydrogen) atoms. The van der Waals surface area contributed by atoms with Crippen LogP contribution in [0.3, 0.4) is 0 Å². The van der Waals surface area contributed by atoms with Gasteiger partial charge in [-0.15, -0.1) is 0 Å². The van der Waals surface area contributed by atoms with Gasteiger partial charge in [0.2, 0.25) is 0 Å². The van der Waals surface area contributed by atoms with Gasteiger partial charge < -0.3 is 4.57 Å². The molecule has 2 heterocycles. The lowest BCUT2D eigenvalue weighted by molar-refractivity contribution is -0.137. The minimum atomic E-state index is -4.28. The minimum absolute atomic E-state index is 0.407. The zero-order valence-corrected chi connectivity index (χ0v) is 15.9. The van der Waals surface area contributed by atoms with E-state index in [1.54, 1.807) is 6.07 Å². The van der Waals surface area contributed by atoms with Crippen molar-refractivity contribution in [2.24, 2.45) is 0 Å². The molecule has 2 aromatic rings. The molecule has 4 nitrogen and oxygen atoms in total. The Bertz CT molecular complexity index is 731. The Morgan fingerprint density at radius 2 is 1.74 bits per heavy atom. The summed E-state index contributed by atoms with van der Waals surface area (Å²) in [5.41, 5.74) is 0.151. The van der Waals surface area contributed by atoms with Crippen LogP contribution in [0.15, 0.2) is 36.7 Å². The van der Waals surface area contributed by atoms with Crippen LogP contribution in [0.2, 0.25) is 0 Å². The summed E-state index contributed by atoms with van der Waals surface area (Å²) < 4.78 is 40.8. The predicted octanol–water partition coefficient (Wildman–Crippen LogP) is 3.84. The number of hydrogen-bond acceptors (Lipinski definition) is 3. The van der Waals surface area contributed by atoms with E-state index in [-0.39, 0.29) is 0 Å². The van der Waals surface area contributed by atoms with Gasteiger partial charge in [-0.1, -0.05) is 32.0 Å². The van der Waals surface area contributed by atoms with Crippen molar-refractivity contribution in [3.8, 4) is 0 Å². The summed E-state index contributed by atoms with van der Waals surface area (Å²) in [6.45, 7) is 10.4. The SMILES string of the molecule is CC(C)c1nccn1CCN1CCN(Cc2cccc(C(F)(F)F)c2)CC1. The quantitative estimate of drug-likeness (QED) is 0.761. The number of aromatic nitrogens is 2. The summed E-state index contributed by atoms with van der Waals surface area (Å²) in [5.74, 6) is 1.52. The number of halogens is 3. The zero-order chi connectivity index (χ0) is 19.4. The average Bonchev–Trinajstić information content (AvgIpc) is 3.10. The van der Waals surface area contributed by atoms with Crippen molar-refractivity contribution in [2.45, 2.75) is 39.0 Å². The lowest BCUT2D eigenvalue weighted by atomic mass is 10.1. The van der Waals surface area contributed by atoms with Gasteiger partial charge in [-0.25, -0.2) is 4.98 Å². The number of alkyl halides is 3. The van der Waals surface area contributed by atoms with Gasteiger partial charge in [0.1, 0.15) is 5.82 Å². The largest absolute Gasteiger partial charge is 0.416 e. The highest BCUT2D eigenvalue weighted by Crippen LogP contribution is 2.29. The molecule has 1 saturated heterocycles. The molecular formula is C20H27F3N4. The van der Waals surface area contributed by atoms with Crippen LogP contribution < -0.4 is 0 Å². The fourth-order valence-electron chi connectivity index (χ4n) is 3.53. The third kappa shape index (κ3) is 5.32. The molecule has 0 unspecified atom stereocenters. The molecule has 1 aliphatic heterocycles. The molecule has 1 aromatic carbocycles. The number of nitrogens with zero attached hydrogens (tertiary/aromatic N) is 4. The van der Waals surface area contributed by atoms with Crippen LogP contribution in [0.25, 0.3) is 0 Å². The maximum absolute atomic E-state index is 12.9. The Labute approximate surface area is 158 Å². The van der Waals surface area contributed by atoms with E-state index in [1.807, 2.05) is 12.4 Å². The molecule has 0 amide bonds. The van der Waals surface area contributed by atoms with Crippen molar-refractivity contribution >= 4 is 0 Å². The highest BCUT2D eigenvalue weighted by atomic mass is 19.4. The molecule has 7 heteroatoms. The normalized spacial score (nSPS) is 17.0. The fraction of sp³-hybridized carbons (Fsp3) is 0.550. The average molecular weight is 380 g/mol. The summed E-state index contributed by atoms with van der Waals surface area (Å²) in [5, 5.41) is 0. The fourth-order valence-corrected chi connectivity index (χ4v) is 3.53. The number of imidazole rings is 1. The van der Waals surface area contributed by atoms with Crippen molar-refractivity contribution < 1.29 is 13.2 Å². The van der Waals surface area contributed by atoms with E-state index in [1.165, 1.54) is 12.1 Å². The van der Waals surface area contributed by atoms with Gasteiger partial charge in [0.25, 0.3) is 0 Å². The second-order valence-corrected chi connectivity index (χ2v) is 7.45. The van der Waals surface area contributed by atoms with Crippen molar-refractivity contribution in [1.82, 2.24) is 19.4 Å². The van der Waals surface area contributed by atoms with Crippen LogP contribution >= 0.6 is 0 Å². The van der Waals surface area contributed by atoms with Gasteiger partial charge in [0.15, 0.2) is 0 Å². The van der Waals surface area contributed by atoms with Crippen molar-refractivity contribution in [3.05, 3.63) is 53.6 Å². The maximum atomic E-state index is 12.9. The third-order valence-corrected chi connectivity index (χ3v) is 5.05. The van der Waals surface area contributed by atoms with Crippen LogP contribution in [0.5, 0.6) is 0 Å². The Balaban J connectivity index is 1.47. The summed E-state index contributed by atoms with van der Waals surface area (Å²) in [4.78, 5) is 9.05. The molecule has 0 N–H and O–H groups in total. The van der Waals surface area contributed by atoms with E-state index in [0.717, 1.165) is 56.7 Å². The van der Waals surface area contributed by atoms with Gasteiger partial charge in [-0.3, -0.25) is 9.80 Å². The van der Waals surface area contributed by atoms with Crippen LogP contribution in [0.4, 0.5) is 13.2 Å². The lowest BCUT2D eigenvalue weighted by Crippen LogP contribution is -2.46. The highest BCUT2D eigenvalue weighted by Gasteiger charge is 2.30. The zero-order valence-electron chi connectivity index (χ0n) is 15.9. The monoisotopic (exact) mass is 380 g/mol. The Kier molecular flexibility index (Phi) is 6.22. The lowest BCUT2D eigenvalue weighted by Gasteiger charge is -2.35. The molecule has 0 aliphatic carbocycles. The van der Waals surface area contributed by atoms with E-state index < -0.39 is 11.7 Å². The van der Waals surface area contributed by atoms with Gasteiger partial charge in [-0.2, -0.15) is 13.2 Å². The van der Waals surface area contributed by atoms with E-state index >= 15 is 0 Å². The topological polar surface area (TPSA) is 24.3 Å². The number of hydrogen-bond donors (Lipinski definition) is 0. The van der Waals surface area contributed by atoms with Gasteiger partial charge in [0, 0.05) is 64.1 Å². The molecule has 0 saturated carbocycles. The van der Waals surface area contributed by atoms with Crippen LogP contribution in [-0.4, -0.2) is 52.1 Å². The smallest absolute Gasteiger partial charge is 0.333 e. The first kappa shape index (κ1) is 19.9. The first-order chi connectivity index (χ1) is 12.8. The number of rotatable bonds is 6. The summed E-state index contributed by atoms with van der Waals surface area (Å²) in [6, 6.07) is 5.65. The maximum Gasteiger partial charge on any atom is 0.416 e. The molecule has 1 aliphatic rings. The van der Waals surface area contributed by atoms with E-state index in [0.29, 0.717) is 12.5 Å². The standard InChI is InChI=1S/C20H27F3N4/c1-16(2)19-24-6-7-27(19)13-12-25-8-10-26(11-9-25)15-17-4-3-5-18(14-17)20(21,22)23/h3-7,14,16H,8-13,15H2,1-2H3. The summed E-state index contributed by atoms with van der Waals surface area (Å²) in [7, 11) is 0. The predicted molar refractivity (Wildman–Crippen MR) is 99.5 cm³/mol. The summed E-state index contributed by atoms with van der Waals surface area (Å²) >= 11 is 0. The molecular weight excluding hydrogens is 353 g/mol. The molecule has 1 aromatic heterocycles.